The van der Waals surface area contributed by atoms with E-state index in [1.165, 1.54) is 32.9 Å². The van der Waals surface area contributed by atoms with Gasteiger partial charge in [0.05, 0.1) is 27.9 Å². The molecule has 4 heteroatoms. The van der Waals surface area contributed by atoms with Crippen LogP contribution in [0, 0.1) is 6.92 Å². The summed E-state index contributed by atoms with van der Waals surface area (Å²) in [7, 11) is 0. The number of nitrogens with zero attached hydrogens (tertiary/aromatic N) is 4. The van der Waals surface area contributed by atoms with Crippen molar-refractivity contribution in [2.24, 2.45) is 4.99 Å². The third-order valence-electron chi connectivity index (χ3n) is 9.63. The summed E-state index contributed by atoms with van der Waals surface area (Å²) in [6, 6.07) is 54.1. The number of hydrogen-bond donors (Lipinski definition) is 0. The molecule has 0 radical (unpaired) electrons. The molecule has 0 unspecified atom stereocenters. The quantitative estimate of drug-likeness (QED) is 0.169. The Hall–Kier alpha value is -6.52. The van der Waals surface area contributed by atoms with Gasteiger partial charge in [0.2, 0.25) is 0 Å². The van der Waals surface area contributed by atoms with Crippen molar-refractivity contribution < 1.29 is 0 Å². The van der Waals surface area contributed by atoms with E-state index in [-0.39, 0.29) is 0 Å². The Kier molecular flexibility index (Phi) is 6.80. The smallest absolute Gasteiger partial charge is 0.0962 e. The molecule has 6 aromatic carbocycles. The van der Waals surface area contributed by atoms with Crippen molar-refractivity contribution in [2.75, 3.05) is 0 Å². The lowest BCUT2D eigenvalue weighted by atomic mass is 10.0. The van der Waals surface area contributed by atoms with Crippen molar-refractivity contribution in [3.05, 3.63) is 170 Å². The van der Waals surface area contributed by atoms with Gasteiger partial charge < -0.3 is 9.13 Å². The van der Waals surface area contributed by atoms with Gasteiger partial charge in [-0.15, -0.1) is 0 Å². The molecule has 0 aliphatic rings. The SMILES string of the molecule is C=Nc1c(-c2ccncc2C)n(-c2ccc(-c3ccccc3)cc2)c2ccc(-c3ccc4c(c3)c3ccccc3n4-c3ccccc3)cc12. The van der Waals surface area contributed by atoms with E-state index >= 15 is 0 Å². The number of rotatable bonds is 6. The highest BCUT2D eigenvalue weighted by molar-refractivity contribution is 6.11. The van der Waals surface area contributed by atoms with E-state index in [1.807, 2.05) is 18.5 Å². The lowest BCUT2D eigenvalue weighted by molar-refractivity contribution is 1.12. The van der Waals surface area contributed by atoms with Gasteiger partial charge in [0, 0.05) is 45.5 Å². The third kappa shape index (κ3) is 4.68. The van der Waals surface area contributed by atoms with Crippen molar-refractivity contribution in [1.29, 1.82) is 0 Å². The number of benzene rings is 6. The van der Waals surface area contributed by atoms with Gasteiger partial charge in [0.15, 0.2) is 0 Å². The van der Waals surface area contributed by atoms with Crippen molar-refractivity contribution in [3.63, 3.8) is 0 Å². The minimum atomic E-state index is 0.861. The first-order valence-corrected chi connectivity index (χ1v) is 16.5. The molecule has 9 aromatic rings. The minimum Gasteiger partial charge on any atom is -0.309 e. The number of aromatic nitrogens is 3. The molecule has 4 nitrogen and oxygen atoms in total. The van der Waals surface area contributed by atoms with Crippen LogP contribution in [0.25, 0.3) is 77.6 Å². The summed E-state index contributed by atoms with van der Waals surface area (Å²) in [6.45, 7) is 6.18. The fourth-order valence-corrected chi connectivity index (χ4v) is 7.31. The van der Waals surface area contributed by atoms with Crippen molar-refractivity contribution in [2.45, 2.75) is 6.92 Å². The second kappa shape index (κ2) is 11.6. The highest BCUT2D eigenvalue weighted by atomic mass is 15.0. The highest BCUT2D eigenvalue weighted by Gasteiger charge is 2.22. The summed E-state index contributed by atoms with van der Waals surface area (Å²) in [5.41, 5.74) is 14.4. The van der Waals surface area contributed by atoms with E-state index in [0.29, 0.717) is 0 Å². The Morgan fingerprint density at radius 3 is 1.80 bits per heavy atom. The molecular formula is C45H32N4. The summed E-state index contributed by atoms with van der Waals surface area (Å²) in [6.07, 6.45) is 3.76. The second-order valence-corrected chi connectivity index (χ2v) is 12.4. The van der Waals surface area contributed by atoms with Crippen LogP contribution in [0.3, 0.4) is 0 Å². The number of para-hydroxylation sites is 2. The van der Waals surface area contributed by atoms with E-state index in [2.05, 4.69) is 173 Å². The average molecular weight is 629 g/mol. The second-order valence-electron chi connectivity index (χ2n) is 12.4. The first-order chi connectivity index (χ1) is 24.2. The zero-order valence-electron chi connectivity index (χ0n) is 27.1. The third-order valence-corrected chi connectivity index (χ3v) is 9.63. The van der Waals surface area contributed by atoms with Crippen LogP contribution in [0.2, 0.25) is 0 Å². The number of fused-ring (bicyclic) bond motifs is 4. The predicted octanol–water partition coefficient (Wildman–Crippen LogP) is 11.8. The lowest BCUT2D eigenvalue weighted by Crippen LogP contribution is -1.98. The Morgan fingerprint density at radius 2 is 1.08 bits per heavy atom. The maximum Gasteiger partial charge on any atom is 0.0962 e. The Labute approximate surface area is 284 Å². The van der Waals surface area contributed by atoms with Gasteiger partial charge >= 0.3 is 0 Å². The zero-order chi connectivity index (χ0) is 32.9. The number of pyridine rings is 1. The van der Waals surface area contributed by atoms with Crippen LogP contribution < -0.4 is 0 Å². The van der Waals surface area contributed by atoms with Crippen molar-refractivity contribution in [3.8, 4) is 44.9 Å². The molecule has 0 saturated heterocycles. The number of aliphatic imine (C=N–C) groups is 1. The van der Waals surface area contributed by atoms with E-state index in [0.717, 1.165) is 55.9 Å². The van der Waals surface area contributed by atoms with Gasteiger partial charge in [-0.3, -0.25) is 9.98 Å². The molecule has 0 saturated carbocycles. The molecule has 0 atom stereocenters. The maximum absolute atomic E-state index is 4.70. The summed E-state index contributed by atoms with van der Waals surface area (Å²) < 4.78 is 4.67. The average Bonchev–Trinajstić information content (AvgIpc) is 3.67. The van der Waals surface area contributed by atoms with Gasteiger partial charge in [-0.25, -0.2) is 0 Å². The molecule has 0 N–H and O–H groups in total. The molecule has 232 valence electrons. The van der Waals surface area contributed by atoms with E-state index in [4.69, 9.17) is 4.99 Å². The van der Waals surface area contributed by atoms with Crippen LogP contribution in [-0.2, 0) is 0 Å². The van der Waals surface area contributed by atoms with Gasteiger partial charge in [0.1, 0.15) is 0 Å². The first kappa shape index (κ1) is 28.7. The molecule has 3 heterocycles. The summed E-state index contributed by atoms with van der Waals surface area (Å²) in [5, 5.41) is 3.51. The summed E-state index contributed by atoms with van der Waals surface area (Å²) >= 11 is 0. The monoisotopic (exact) mass is 628 g/mol. The zero-order valence-corrected chi connectivity index (χ0v) is 27.1. The molecule has 0 aliphatic carbocycles. The fourth-order valence-electron chi connectivity index (χ4n) is 7.31. The number of hydrogen-bond acceptors (Lipinski definition) is 2. The van der Waals surface area contributed by atoms with Gasteiger partial charge in [-0.2, -0.15) is 0 Å². The summed E-state index contributed by atoms with van der Waals surface area (Å²) in [5.74, 6) is 0. The Bertz CT molecular complexity index is 2660. The van der Waals surface area contributed by atoms with E-state index < -0.39 is 0 Å². The molecule has 49 heavy (non-hydrogen) atoms. The molecule has 3 aromatic heterocycles. The summed E-state index contributed by atoms with van der Waals surface area (Å²) in [4.78, 5) is 9.09. The predicted molar refractivity (Wildman–Crippen MR) is 206 cm³/mol. The molecule has 9 rings (SSSR count). The molecule has 0 spiro atoms. The van der Waals surface area contributed by atoms with Crippen LogP contribution in [0.1, 0.15) is 5.56 Å². The normalized spacial score (nSPS) is 11.4. The largest absolute Gasteiger partial charge is 0.309 e. The fraction of sp³-hybridized carbons (Fsp3) is 0.0222. The first-order valence-electron chi connectivity index (χ1n) is 16.5. The Balaban J connectivity index is 1.25. The van der Waals surface area contributed by atoms with Gasteiger partial charge in [0.25, 0.3) is 0 Å². The lowest BCUT2D eigenvalue weighted by Gasteiger charge is -2.14. The molecule has 0 fully saturated rings. The number of aryl methyl sites for hydroxylation is 1. The van der Waals surface area contributed by atoms with Crippen LogP contribution in [-0.4, -0.2) is 20.8 Å². The van der Waals surface area contributed by atoms with E-state index in [9.17, 15) is 0 Å². The Morgan fingerprint density at radius 1 is 0.510 bits per heavy atom. The van der Waals surface area contributed by atoms with Crippen LogP contribution in [0.5, 0.6) is 0 Å². The molecule has 0 aliphatic heterocycles. The van der Waals surface area contributed by atoms with Crippen LogP contribution in [0.4, 0.5) is 5.69 Å². The van der Waals surface area contributed by atoms with Crippen LogP contribution in [0.15, 0.2) is 169 Å². The van der Waals surface area contributed by atoms with E-state index in [1.54, 1.807) is 0 Å². The van der Waals surface area contributed by atoms with Gasteiger partial charge in [-0.1, -0.05) is 91.0 Å². The van der Waals surface area contributed by atoms with Crippen molar-refractivity contribution in [1.82, 2.24) is 14.1 Å². The minimum absolute atomic E-state index is 0.861. The standard InChI is InChI=1S/C45H32N4/c1-30-29-47-26-25-37(30)45-44(46-2)40-28-34(20-24-43(40)49(45)36-21-17-32(18-22-36)31-11-5-3-6-12-31)33-19-23-42-39(27-33)38-15-9-10-16-41(38)48(42)35-13-7-4-8-14-35/h3-29H,2H2,1H3. The molecular weight excluding hydrogens is 597 g/mol. The maximum atomic E-state index is 4.70. The molecule has 0 amide bonds. The van der Waals surface area contributed by atoms with Crippen molar-refractivity contribution >= 4 is 45.1 Å². The highest BCUT2D eigenvalue weighted by Crippen LogP contribution is 2.45. The molecule has 0 bridgehead atoms. The van der Waals surface area contributed by atoms with Crippen LogP contribution >= 0.6 is 0 Å². The van der Waals surface area contributed by atoms with Gasteiger partial charge in [-0.05, 0) is 102 Å². The topological polar surface area (TPSA) is 35.1 Å².